The van der Waals surface area contributed by atoms with Crippen molar-refractivity contribution in [3.63, 3.8) is 0 Å². The van der Waals surface area contributed by atoms with E-state index in [-0.39, 0.29) is 17.1 Å². The van der Waals surface area contributed by atoms with E-state index in [1.54, 1.807) is 42.5 Å². The zero-order chi connectivity index (χ0) is 21.9. The first kappa shape index (κ1) is 22.6. The van der Waals surface area contributed by atoms with Gasteiger partial charge < -0.3 is 5.32 Å². The number of rotatable bonds is 7. The van der Waals surface area contributed by atoms with Crippen molar-refractivity contribution in [2.24, 2.45) is 5.14 Å². The fourth-order valence-corrected chi connectivity index (χ4v) is 3.90. The third-order valence-electron chi connectivity index (χ3n) is 4.41. The maximum Gasteiger partial charge on any atom is 0.238 e. The fraction of sp³-hybridized carbons (Fsp3) is 0.0952. The van der Waals surface area contributed by atoms with Gasteiger partial charge >= 0.3 is 0 Å². The second-order valence-electron chi connectivity index (χ2n) is 6.58. The molecule has 0 fully saturated rings. The number of carbonyl (C=O) groups excluding carboxylic acids is 1. The molecule has 0 aliphatic rings. The predicted molar refractivity (Wildman–Crippen MR) is 121 cm³/mol. The van der Waals surface area contributed by atoms with Crippen molar-refractivity contribution < 1.29 is 13.2 Å². The average molecular weight is 484 g/mol. The normalized spacial score (nSPS) is 12.4. The smallest absolute Gasteiger partial charge is 0.238 e. The molecule has 0 bridgehead atoms. The van der Waals surface area contributed by atoms with Crippen LogP contribution in [-0.4, -0.2) is 14.2 Å². The third kappa shape index (κ3) is 5.74. The molecule has 3 rings (SSSR count). The third-order valence-corrected chi connectivity index (χ3v) is 6.31. The number of hydrogen-bond acceptors (Lipinski definition) is 4. The molecule has 0 heterocycles. The van der Waals surface area contributed by atoms with Gasteiger partial charge in [-0.05, 0) is 60.2 Å². The lowest BCUT2D eigenvalue weighted by Gasteiger charge is -2.20. The summed E-state index contributed by atoms with van der Waals surface area (Å²) in [5.74, 6) is -0.146. The Kier molecular flexibility index (Phi) is 7.06. The number of sulfonamides is 1. The highest BCUT2D eigenvalue weighted by molar-refractivity contribution is 7.89. The highest BCUT2D eigenvalue weighted by Gasteiger charge is 2.19. The van der Waals surface area contributed by atoms with E-state index in [4.69, 9.17) is 39.9 Å². The zero-order valence-corrected chi connectivity index (χ0v) is 18.6. The number of ketones is 1. The summed E-state index contributed by atoms with van der Waals surface area (Å²) < 4.78 is 22.9. The van der Waals surface area contributed by atoms with Crippen molar-refractivity contribution in [2.45, 2.75) is 17.4 Å². The van der Waals surface area contributed by atoms with Crippen LogP contribution in [0.25, 0.3) is 0 Å². The van der Waals surface area contributed by atoms with Crippen molar-refractivity contribution in [3.8, 4) is 0 Å². The quantitative estimate of drug-likeness (QED) is 0.421. The first-order valence-electron chi connectivity index (χ1n) is 8.76. The van der Waals surface area contributed by atoms with Gasteiger partial charge in [0.1, 0.15) is 0 Å². The SMILES string of the molecule is NS(=O)(=O)c1ccc(NC(CC(=O)c2ccc(Cl)c(Cl)c2)c2cccc(Cl)c2)cc1. The van der Waals surface area contributed by atoms with E-state index in [1.165, 1.54) is 18.2 Å². The molecule has 0 saturated heterocycles. The molecule has 0 amide bonds. The maximum atomic E-state index is 12.9. The Morgan fingerprint density at radius 2 is 1.63 bits per heavy atom. The number of benzene rings is 3. The van der Waals surface area contributed by atoms with Crippen molar-refractivity contribution in [3.05, 3.63) is 92.9 Å². The van der Waals surface area contributed by atoms with Crippen LogP contribution in [-0.2, 0) is 10.0 Å². The Labute approximate surface area is 189 Å². The summed E-state index contributed by atoms with van der Waals surface area (Å²) in [6.45, 7) is 0. The lowest BCUT2D eigenvalue weighted by molar-refractivity contribution is 0.0976. The fourth-order valence-electron chi connectivity index (χ4n) is 2.89. The van der Waals surface area contributed by atoms with Gasteiger partial charge in [-0.2, -0.15) is 0 Å². The molecule has 1 atom stereocenters. The molecule has 3 N–H and O–H groups in total. The van der Waals surface area contributed by atoms with Crippen molar-refractivity contribution in [1.29, 1.82) is 0 Å². The molecule has 3 aromatic carbocycles. The molecule has 5 nitrogen and oxygen atoms in total. The number of primary sulfonamides is 1. The van der Waals surface area contributed by atoms with Crippen LogP contribution < -0.4 is 10.5 Å². The summed E-state index contributed by atoms with van der Waals surface area (Å²) in [5, 5.41) is 9.60. The van der Waals surface area contributed by atoms with E-state index in [0.29, 0.717) is 26.3 Å². The molecular weight excluding hydrogens is 467 g/mol. The Hall–Kier alpha value is -2.09. The summed E-state index contributed by atoms with van der Waals surface area (Å²) in [4.78, 5) is 12.9. The van der Waals surface area contributed by atoms with Gasteiger partial charge in [0.15, 0.2) is 5.78 Å². The topological polar surface area (TPSA) is 89.3 Å². The summed E-state index contributed by atoms with van der Waals surface area (Å²) in [7, 11) is -3.79. The van der Waals surface area contributed by atoms with E-state index < -0.39 is 16.1 Å². The minimum Gasteiger partial charge on any atom is -0.378 e. The number of Topliss-reactive ketones (excluding diaryl/α,β-unsaturated/α-hetero) is 1. The molecule has 0 spiro atoms. The second kappa shape index (κ2) is 9.37. The lowest BCUT2D eigenvalue weighted by Crippen LogP contribution is -2.16. The summed E-state index contributed by atoms with van der Waals surface area (Å²) in [6, 6.07) is 17.4. The van der Waals surface area contributed by atoms with E-state index >= 15 is 0 Å². The van der Waals surface area contributed by atoms with Crippen LogP contribution in [0.15, 0.2) is 71.6 Å². The van der Waals surface area contributed by atoms with E-state index in [9.17, 15) is 13.2 Å². The number of carbonyl (C=O) groups is 1. The molecule has 9 heteroatoms. The maximum absolute atomic E-state index is 12.9. The van der Waals surface area contributed by atoms with Crippen LogP contribution in [0.1, 0.15) is 28.4 Å². The number of halogens is 3. The summed E-state index contributed by atoms with van der Waals surface area (Å²) in [6.07, 6.45) is 0.106. The Bertz CT molecular complexity index is 1180. The number of anilines is 1. The Morgan fingerprint density at radius 1 is 0.933 bits per heavy atom. The second-order valence-corrected chi connectivity index (χ2v) is 9.39. The molecule has 3 aromatic rings. The van der Waals surface area contributed by atoms with Crippen LogP contribution in [0.5, 0.6) is 0 Å². The monoisotopic (exact) mass is 482 g/mol. The molecule has 156 valence electrons. The first-order valence-corrected chi connectivity index (χ1v) is 11.4. The number of hydrogen-bond donors (Lipinski definition) is 2. The zero-order valence-electron chi connectivity index (χ0n) is 15.5. The van der Waals surface area contributed by atoms with Crippen LogP contribution in [0.4, 0.5) is 5.69 Å². The Balaban J connectivity index is 1.89. The van der Waals surface area contributed by atoms with Crippen molar-refractivity contribution in [1.82, 2.24) is 0 Å². The van der Waals surface area contributed by atoms with E-state index in [2.05, 4.69) is 5.32 Å². The molecule has 0 saturated carbocycles. The van der Waals surface area contributed by atoms with Crippen LogP contribution in [0.2, 0.25) is 15.1 Å². The van der Waals surface area contributed by atoms with Gasteiger partial charge in [-0.1, -0.05) is 46.9 Å². The van der Waals surface area contributed by atoms with Gasteiger partial charge in [-0.15, -0.1) is 0 Å². The largest absolute Gasteiger partial charge is 0.378 e. The molecule has 0 aromatic heterocycles. The van der Waals surface area contributed by atoms with Gasteiger partial charge in [-0.3, -0.25) is 4.79 Å². The molecule has 0 aliphatic carbocycles. The molecular formula is C21H17Cl3N2O3S. The Morgan fingerprint density at radius 3 is 2.23 bits per heavy atom. The van der Waals surface area contributed by atoms with Crippen LogP contribution in [0.3, 0.4) is 0 Å². The van der Waals surface area contributed by atoms with Crippen molar-refractivity contribution in [2.75, 3.05) is 5.32 Å². The standard InChI is InChI=1S/C21H17Cl3N2O3S/c22-15-3-1-2-13(10-15)20(12-21(27)14-4-9-18(23)19(24)11-14)26-16-5-7-17(8-6-16)30(25,28)29/h1-11,20,26H,12H2,(H2,25,28,29). The molecule has 30 heavy (non-hydrogen) atoms. The highest BCUT2D eigenvalue weighted by Crippen LogP contribution is 2.29. The van der Waals surface area contributed by atoms with Gasteiger partial charge in [0.2, 0.25) is 10.0 Å². The molecule has 0 aliphatic heterocycles. The van der Waals surface area contributed by atoms with Gasteiger partial charge in [0, 0.05) is 22.7 Å². The molecule has 1 unspecified atom stereocenters. The van der Waals surface area contributed by atoms with Crippen molar-refractivity contribution >= 4 is 56.3 Å². The van der Waals surface area contributed by atoms with Crippen LogP contribution >= 0.6 is 34.8 Å². The average Bonchev–Trinajstić information content (AvgIpc) is 2.69. The highest BCUT2D eigenvalue weighted by atomic mass is 35.5. The van der Waals surface area contributed by atoms with Gasteiger partial charge in [-0.25, -0.2) is 13.6 Å². The van der Waals surface area contributed by atoms with Crippen LogP contribution in [0, 0.1) is 0 Å². The van der Waals surface area contributed by atoms with E-state index in [0.717, 1.165) is 5.56 Å². The minimum absolute atomic E-state index is 0.000705. The summed E-state index contributed by atoms with van der Waals surface area (Å²) >= 11 is 18.1. The first-order chi connectivity index (χ1) is 14.1. The minimum atomic E-state index is -3.79. The summed E-state index contributed by atoms with van der Waals surface area (Å²) in [5.41, 5.74) is 1.85. The van der Waals surface area contributed by atoms with Gasteiger partial charge in [0.05, 0.1) is 21.0 Å². The van der Waals surface area contributed by atoms with E-state index in [1.807, 2.05) is 6.07 Å². The molecule has 0 radical (unpaired) electrons. The number of nitrogens with two attached hydrogens (primary N) is 1. The number of nitrogens with one attached hydrogen (secondary N) is 1. The predicted octanol–water partition coefficient (Wildman–Crippen LogP) is 5.72. The lowest BCUT2D eigenvalue weighted by atomic mass is 9.97. The van der Waals surface area contributed by atoms with Gasteiger partial charge in [0.25, 0.3) is 0 Å².